The van der Waals surface area contributed by atoms with Gasteiger partial charge in [-0.3, -0.25) is 10.1 Å². The zero-order valence-electron chi connectivity index (χ0n) is 8.81. The molecule has 1 aromatic heterocycles. The molecule has 0 bridgehead atoms. The molecule has 3 amide bonds. The quantitative estimate of drug-likeness (QED) is 0.750. The maximum Gasteiger partial charge on any atom is 0.321 e. The molecule has 0 aromatic carbocycles. The molecule has 1 atom stereocenters. The second kappa shape index (κ2) is 6.12. The first-order valence-electron chi connectivity index (χ1n) is 4.74. The van der Waals surface area contributed by atoms with Gasteiger partial charge in [-0.15, -0.1) is 11.6 Å². The van der Waals surface area contributed by atoms with Crippen LogP contribution in [0.25, 0.3) is 0 Å². The topological polar surface area (TPSA) is 76.0 Å². The van der Waals surface area contributed by atoms with E-state index in [1.54, 1.807) is 18.7 Å². The van der Waals surface area contributed by atoms with Crippen molar-refractivity contribution in [3.05, 3.63) is 18.7 Å². The summed E-state index contributed by atoms with van der Waals surface area (Å²) in [6.45, 7) is 2.41. The van der Waals surface area contributed by atoms with Crippen molar-refractivity contribution >= 4 is 23.5 Å². The Kier molecular flexibility index (Phi) is 4.78. The number of aromatic nitrogens is 2. The van der Waals surface area contributed by atoms with Crippen LogP contribution in [0.15, 0.2) is 18.7 Å². The zero-order valence-corrected chi connectivity index (χ0v) is 9.57. The molecule has 2 N–H and O–H groups in total. The summed E-state index contributed by atoms with van der Waals surface area (Å²) < 4.78 is 1.83. The normalized spacial score (nSPS) is 11.9. The number of imidazole rings is 1. The summed E-state index contributed by atoms with van der Waals surface area (Å²) >= 11 is 5.24. The molecule has 0 fully saturated rings. The van der Waals surface area contributed by atoms with Gasteiger partial charge in [0, 0.05) is 25.0 Å². The van der Waals surface area contributed by atoms with Crippen molar-refractivity contribution in [1.82, 2.24) is 20.2 Å². The molecular weight excluding hydrogens is 232 g/mol. The highest BCUT2D eigenvalue weighted by Gasteiger charge is 2.09. The molecule has 1 aromatic rings. The van der Waals surface area contributed by atoms with Crippen LogP contribution in [0.1, 0.15) is 6.92 Å². The van der Waals surface area contributed by atoms with Crippen LogP contribution in [-0.2, 0) is 11.3 Å². The lowest BCUT2D eigenvalue weighted by molar-refractivity contribution is -0.117. The third-order valence-corrected chi connectivity index (χ3v) is 2.04. The molecule has 1 unspecified atom stereocenters. The zero-order chi connectivity index (χ0) is 12.0. The highest BCUT2D eigenvalue weighted by Crippen LogP contribution is 1.91. The van der Waals surface area contributed by atoms with Crippen LogP contribution in [0.5, 0.6) is 0 Å². The molecule has 1 heterocycles. The van der Waals surface area contributed by atoms with E-state index in [4.69, 9.17) is 11.6 Å². The fourth-order valence-electron chi connectivity index (χ4n) is 1.18. The van der Waals surface area contributed by atoms with Gasteiger partial charge in [0.1, 0.15) is 5.88 Å². The lowest BCUT2D eigenvalue weighted by Crippen LogP contribution is -2.45. The van der Waals surface area contributed by atoms with Gasteiger partial charge < -0.3 is 9.88 Å². The molecular formula is C9H13ClN4O2. The predicted octanol–water partition coefficient (Wildman–Crippen LogP) is 0.336. The summed E-state index contributed by atoms with van der Waals surface area (Å²) in [5.74, 6) is -0.752. The van der Waals surface area contributed by atoms with Crippen LogP contribution >= 0.6 is 11.6 Å². The van der Waals surface area contributed by atoms with Gasteiger partial charge in [-0.1, -0.05) is 0 Å². The van der Waals surface area contributed by atoms with Gasteiger partial charge in [-0.25, -0.2) is 9.78 Å². The average molecular weight is 245 g/mol. The van der Waals surface area contributed by atoms with Gasteiger partial charge in [-0.2, -0.15) is 0 Å². The Bertz CT molecular complexity index is 352. The van der Waals surface area contributed by atoms with Gasteiger partial charge in [0.05, 0.1) is 6.33 Å². The number of rotatable bonds is 4. The van der Waals surface area contributed by atoms with E-state index in [0.29, 0.717) is 6.54 Å². The Balaban J connectivity index is 2.31. The monoisotopic (exact) mass is 244 g/mol. The van der Waals surface area contributed by atoms with Crippen molar-refractivity contribution in [3.8, 4) is 0 Å². The number of imide groups is 1. The summed E-state index contributed by atoms with van der Waals surface area (Å²) in [5, 5.41) is 4.70. The van der Waals surface area contributed by atoms with Crippen LogP contribution in [0.2, 0.25) is 0 Å². The van der Waals surface area contributed by atoms with Crippen LogP contribution in [0, 0.1) is 0 Å². The van der Waals surface area contributed by atoms with Crippen molar-refractivity contribution in [2.45, 2.75) is 19.5 Å². The van der Waals surface area contributed by atoms with Gasteiger partial charge in [-0.05, 0) is 6.92 Å². The first kappa shape index (κ1) is 12.5. The Hall–Kier alpha value is -1.56. The molecule has 0 aliphatic rings. The number of alkyl halides is 1. The van der Waals surface area contributed by atoms with Crippen molar-refractivity contribution in [1.29, 1.82) is 0 Å². The van der Waals surface area contributed by atoms with E-state index in [2.05, 4.69) is 15.6 Å². The second-order valence-corrected chi connectivity index (χ2v) is 3.58. The fourth-order valence-corrected chi connectivity index (χ4v) is 1.24. The number of nitrogens with one attached hydrogen (secondary N) is 2. The molecule has 88 valence electrons. The smallest absolute Gasteiger partial charge is 0.321 e. The molecule has 0 aliphatic heterocycles. The van der Waals surface area contributed by atoms with Crippen LogP contribution in [-0.4, -0.2) is 33.4 Å². The van der Waals surface area contributed by atoms with Gasteiger partial charge in [0.15, 0.2) is 0 Å². The highest BCUT2D eigenvalue weighted by atomic mass is 35.5. The predicted molar refractivity (Wildman–Crippen MR) is 59.1 cm³/mol. The SMILES string of the molecule is CC(Cn1ccnc1)NC(=O)NC(=O)CCl. The molecule has 0 saturated heterocycles. The van der Waals surface area contributed by atoms with E-state index in [0.717, 1.165) is 0 Å². The average Bonchev–Trinajstić information content (AvgIpc) is 2.69. The summed E-state index contributed by atoms with van der Waals surface area (Å²) in [6, 6.07) is -0.657. The Labute approximate surface area is 98.0 Å². The van der Waals surface area contributed by atoms with E-state index >= 15 is 0 Å². The Morgan fingerprint density at radius 3 is 2.88 bits per heavy atom. The van der Waals surface area contributed by atoms with Crippen LogP contribution < -0.4 is 10.6 Å². The van der Waals surface area contributed by atoms with E-state index < -0.39 is 11.9 Å². The third kappa shape index (κ3) is 4.31. The Morgan fingerprint density at radius 2 is 2.31 bits per heavy atom. The van der Waals surface area contributed by atoms with Crippen molar-refractivity contribution in [2.75, 3.05) is 5.88 Å². The summed E-state index contributed by atoms with van der Waals surface area (Å²) in [4.78, 5) is 25.9. The molecule has 16 heavy (non-hydrogen) atoms. The Morgan fingerprint density at radius 1 is 1.56 bits per heavy atom. The number of hydrogen-bond acceptors (Lipinski definition) is 3. The van der Waals surface area contributed by atoms with E-state index in [-0.39, 0.29) is 11.9 Å². The molecule has 7 heteroatoms. The maximum absolute atomic E-state index is 11.2. The maximum atomic E-state index is 11.2. The number of carbonyl (C=O) groups excluding carboxylic acids is 2. The van der Waals surface area contributed by atoms with Gasteiger partial charge >= 0.3 is 6.03 Å². The lowest BCUT2D eigenvalue weighted by atomic mass is 10.3. The van der Waals surface area contributed by atoms with E-state index in [9.17, 15) is 9.59 Å². The van der Waals surface area contributed by atoms with Gasteiger partial charge in [0.2, 0.25) is 5.91 Å². The summed E-state index contributed by atoms with van der Waals surface area (Å²) in [6.07, 6.45) is 5.10. The van der Waals surface area contributed by atoms with Crippen molar-refractivity contribution in [3.63, 3.8) is 0 Å². The first-order chi connectivity index (χ1) is 7.61. The molecule has 6 nitrogen and oxygen atoms in total. The number of halogens is 1. The van der Waals surface area contributed by atoms with E-state index in [1.807, 2.05) is 11.5 Å². The number of nitrogens with zero attached hydrogens (tertiary/aromatic N) is 2. The van der Waals surface area contributed by atoms with Crippen molar-refractivity contribution < 1.29 is 9.59 Å². The number of carbonyl (C=O) groups is 2. The molecule has 0 aliphatic carbocycles. The number of amides is 3. The number of urea groups is 1. The van der Waals surface area contributed by atoms with Crippen LogP contribution in [0.4, 0.5) is 4.79 Å². The minimum atomic E-state index is -0.543. The highest BCUT2D eigenvalue weighted by molar-refractivity contribution is 6.28. The van der Waals surface area contributed by atoms with E-state index in [1.165, 1.54) is 0 Å². The number of hydrogen-bond donors (Lipinski definition) is 2. The minimum absolute atomic E-state index is 0.114. The standard InChI is InChI=1S/C9H13ClN4O2/c1-7(5-14-3-2-11-6-14)12-9(16)13-8(15)4-10/h2-3,6-7H,4-5H2,1H3,(H2,12,13,15,16). The van der Waals surface area contributed by atoms with Gasteiger partial charge in [0.25, 0.3) is 0 Å². The molecule has 1 rings (SSSR count). The lowest BCUT2D eigenvalue weighted by Gasteiger charge is -2.14. The fraction of sp³-hybridized carbons (Fsp3) is 0.444. The second-order valence-electron chi connectivity index (χ2n) is 3.32. The minimum Gasteiger partial charge on any atom is -0.335 e. The van der Waals surface area contributed by atoms with Crippen LogP contribution in [0.3, 0.4) is 0 Å². The largest absolute Gasteiger partial charge is 0.335 e. The molecule has 0 saturated carbocycles. The third-order valence-electron chi connectivity index (χ3n) is 1.80. The summed E-state index contributed by atoms with van der Waals surface area (Å²) in [7, 11) is 0. The molecule has 0 radical (unpaired) electrons. The van der Waals surface area contributed by atoms with Crippen molar-refractivity contribution in [2.24, 2.45) is 0 Å². The molecule has 0 spiro atoms. The summed E-state index contributed by atoms with van der Waals surface area (Å²) in [5.41, 5.74) is 0. The first-order valence-corrected chi connectivity index (χ1v) is 5.27.